The molecular weight excluding hydrogens is 376 g/mol. The van der Waals surface area contributed by atoms with Crippen molar-refractivity contribution in [1.29, 1.82) is 0 Å². The predicted octanol–water partition coefficient (Wildman–Crippen LogP) is 1.64. The van der Waals surface area contributed by atoms with Crippen LogP contribution in [0.2, 0.25) is 5.02 Å². The van der Waals surface area contributed by atoms with Gasteiger partial charge in [-0.3, -0.25) is 4.90 Å². The molecule has 0 unspecified atom stereocenters. The van der Waals surface area contributed by atoms with Gasteiger partial charge in [0.2, 0.25) is 10.0 Å². The first kappa shape index (κ1) is 18.7. The Morgan fingerprint density at radius 3 is 2.58 bits per heavy atom. The molecule has 1 spiro atoms. The average molecular weight is 401 g/mol. The van der Waals surface area contributed by atoms with Gasteiger partial charge in [0.25, 0.3) is 0 Å². The normalized spacial score (nSPS) is 27.7. The lowest BCUT2D eigenvalue weighted by Crippen LogP contribution is -2.56. The van der Waals surface area contributed by atoms with E-state index in [4.69, 9.17) is 16.3 Å². The average Bonchev–Trinajstić information content (AvgIpc) is 2.95. The molecule has 144 valence electrons. The number of ether oxygens (including phenoxy) is 1. The summed E-state index contributed by atoms with van der Waals surface area (Å²) in [6.07, 6.45) is 2.10. The summed E-state index contributed by atoms with van der Waals surface area (Å²) in [5.41, 5.74) is 0.710. The lowest BCUT2D eigenvalue weighted by molar-refractivity contribution is -0.0384. The van der Waals surface area contributed by atoms with Crippen molar-refractivity contribution in [2.45, 2.75) is 48.8 Å². The Morgan fingerprint density at radius 1 is 1.27 bits per heavy atom. The van der Waals surface area contributed by atoms with Crippen molar-refractivity contribution in [3.63, 3.8) is 0 Å². The molecule has 1 atom stereocenters. The molecule has 4 rings (SSSR count). The van der Waals surface area contributed by atoms with Crippen molar-refractivity contribution in [1.82, 2.24) is 9.21 Å². The van der Waals surface area contributed by atoms with Gasteiger partial charge in [-0.05, 0) is 43.9 Å². The molecule has 8 heteroatoms. The van der Waals surface area contributed by atoms with Gasteiger partial charge in [-0.15, -0.1) is 0 Å². The van der Waals surface area contributed by atoms with Gasteiger partial charge in [0.15, 0.2) is 0 Å². The van der Waals surface area contributed by atoms with E-state index in [1.54, 1.807) is 18.2 Å². The fourth-order valence-corrected chi connectivity index (χ4v) is 6.29. The van der Waals surface area contributed by atoms with Crippen molar-refractivity contribution in [2.24, 2.45) is 0 Å². The van der Waals surface area contributed by atoms with Gasteiger partial charge >= 0.3 is 0 Å². The molecule has 1 aromatic carbocycles. The zero-order valence-electron chi connectivity index (χ0n) is 14.9. The van der Waals surface area contributed by atoms with E-state index in [9.17, 15) is 13.5 Å². The van der Waals surface area contributed by atoms with Gasteiger partial charge in [-0.25, -0.2) is 8.42 Å². The van der Waals surface area contributed by atoms with Crippen LogP contribution >= 0.6 is 11.6 Å². The molecule has 1 aromatic rings. The van der Waals surface area contributed by atoms with Gasteiger partial charge in [-0.1, -0.05) is 17.7 Å². The van der Waals surface area contributed by atoms with Crippen molar-refractivity contribution in [3.05, 3.63) is 28.8 Å². The van der Waals surface area contributed by atoms with Crippen LogP contribution in [0.3, 0.4) is 0 Å². The largest absolute Gasteiger partial charge is 0.390 e. The highest BCUT2D eigenvalue weighted by atomic mass is 35.5. The molecule has 0 aliphatic carbocycles. The number of aliphatic hydroxyl groups excluding tert-OH is 1. The van der Waals surface area contributed by atoms with E-state index in [1.165, 1.54) is 4.31 Å². The van der Waals surface area contributed by atoms with Crippen LogP contribution in [-0.4, -0.2) is 73.3 Å². The maximum atomic E-state index is 13.0. The Kier molecular flexibility index (Phi) is 4.82. The van der Waals surface area contributed by atoms with Crippen LogP contribution in [0.1, 0.15) is 24.8 Å². The number of sulfonamides is 1. The number of hydrogen-bond acceptors (Lipinski definition) is 5. The van der Waals surface area contributed by atoms with E-state index in [1.807, 2.05) is 6.92 Å². The highest BCUT2D eigenvalue weighted by Gasteiger charge is 2.47. The van der Waals surface area contributed by atoms with Crippen LogP contribution in [0.15, 0.2) is 23.1 Å². The monoisotopic (exact) mass is 400 g/mol. The molecule has 0 saturated carbocycles. The van der Waals surface area contributed by atoms with Crippen LogP contribution in [-0.2, 0) is 14.8 Å². The minimum absolute atomic E-state index is 0.181. The zero-order valence-corrected chi connectivity index (χ0v) is 16.5. The summed E-state index contributed by atoms with van der Waals surface area (Å²) < 4.78 is 33.6. The van der Waals surface area contributed by atoms with Gasteiger partial charge in [0.05, 0.1) is 23.3 Å². The van der Waals surface area contributed by atoms with E-state index in [0.29, 0.717) is 38.6 Å². The number of benzene rings is 1. The summed E-state index contributed by atoms with van der Waals surface area (Å²) in [6, 6.07) is 5.39. The molecule has 0 radical (unpaired) electrons. The third kappa shape index (κ3) is 3.30. The van der Waals surface area contributed by atoms with Crippen molar-refractivity contribution in [2.75, 3.05) is 32.8 Å². The Morgan fingerprint density at radius 2 is 1.96 bits per heavy atom. The summed E-state index contributed by atoms with van der Waals surface area (Å²) in [6.45, 7) is 4.89. The van der Waals surface area contributed by atoms with Crippen molar-refractivity contribution >= 4 is 21.6 Å². The number of β-amino-alcohol motifs (C(OH)–C–C–N with tert-alkyl or cyclic N) is 1. The lowest BCUT2D eigenvalue weighted by Gasteiger charge is -2.41. The standard InChI is InChI=1S/C18H25ClN2O4S/c1-13-2-3-17(16(19)8-13)26(23,24)21-6-4-18(5-7-21)9-14(12-25-18)20-10-15(22)11-20/h2-3,8,14-15,22H,4-7,9-12H2,1H3/t14-/m1/s1. The first-order valence-corrected chi connectivity index (χ1v) is 10.9. The van der Waals surface area contributed by atoms with E-state index < -0.39 is 10.0 Å². The summed E-state index contributed by atoms with van der Waals surface area (Å²) in [5, 5.41) is 9.76. The maximum absolute atomic E-state index is 13.0. The second kappa shape index (κ2) is 6.72. The second-order valence-electron chi connectivity index (χ2n) is 7.80. The Balaban J connectivity index is 1.42. The third-order valence-corrected chi connectivity index (χ3v) is 8.32. The molecule has 6 nitrogen and oxygen atoms in total. The fourth-order valence-electron chi connectivity index (χ4n) is 4.28. The highest BCUT2D eigenvalue weighted by molar-refractivity contribution is 7.89. The van der Waals surface area contributed by atoms with Crippen molar-refractivity contribution in [3.8, 4) is 0 Å². The number of halogens is 1. The summed E-state index contributed by atoms with van der Waals surface area (Å²) in [5.74, 6) is 0. The first-order valence-electron chi connectivity index (χ1n) is 9.11. The van der Waals surface area contributed by atoms with Crippen LogP contribution < -0.4 is 0 Å². The smallest absolute Gasteiger partial charge is 0.244 e. The Labute approximate surface area is 159 Å². The maximum Gasteiger partial charge on any atom is 0.244 e. The van der Waals surface area contributed by atoms with E-state index in [0.717, 1.165) is 25.1 Å². The molecular formula is C18H25ClN2O4S. The number of rotatable bonds is 3. The summed E-state index contributed by atoms with van der Waals surface area (Å²) in [4.78, 5) is 2.44. The van der Waals surface area contributed by atoms with Gasteiger partial charge in [0.1, 0.15) is 4.90 Å². The SMILES string of the molecule is Cc1ccc(S(=O)(=O)N2CCC3(CC2)C[C@@H](N2CC(O)C2)CO3)c(Cl)c1. The topological polar surface area (TPSA) is 70.1 Å². The molecule has 0 bridgehead atoms. The number of aryl methyl sites for hydroxylation is 1. The van der Waals surface area contributed by atoms with Gasteiger partial charge in [-0.2, -0.15) is 4.31 Å². The molecule has 3 fully saturated rings. The fraction of sp³-hybridized carbons (Fsp3) is 0.667. The third-order valence-electron chi connectivity index (χ3n) is 5.94. The molecule has 1 N–H and O–H groups in total. The number of aliphatic hydroxyl groups is 1. The zero-order chi connectivity index (χ0) is 18.5. The van der Waals surface area contributed by atoms with Crippen molar-refractivity contribution < 1.29 is 18.3 Å². The number of nitrogens with zero attached hydrogens (tertiary/aromatic N) is 2. The molecule has 3 aliphatic heterocycles. The molecule has 3 heterocycles. The quantitative estimate of drug-likeness (QED) is 0.835. The predicted molar refractivity (Wildman–Crippen MR) is 98.8 cm³/mol. The van der Waals surface area contributed by atoms with Gasteiger partial charge in [0, 0.05) is 32.2 Å². The highest BCUT2D eigenvalue weighted by Crippen LogP contribution is 2.40. The van der Waals surface area contributed by atoms with E-state index in [-0.39, 0.29) is 21.6 Å². The molecule has 3 aliphatic rings. The molecule has 0 amide bonds. The molecule has 26 heavy (non-hydrogen) atoms. The van der Waals surface area contributed by atoms with Gasteiger partial charge < -0.3 is 9.84 Å². The van der Waals surface area contributed by atoms with Crippen LogP contribution in [0.25, 0.3) is 0 Å². The van der Waals surface area contributed by atoms with Crippen LogP contribution in [0.4, 0.5) is 0 Å². The Hall–Kier alpha value is -0.700. The summed E-state index contributed by atoms with van der Waals surface area (Å²) >= 11 is 6.19. The minimum Gasteiger partial charge on any atom is -0.390 e. The van der Waals surface area contributed by atoms with Crippen LogP contribution in [0.5, 0.6) is 0 Å². The van der Waals surface area contributed by atoms with E-state index in [2.05, 4.69) is 4.90 Å². The van der Waals surface area contributed by atoms with Crippen LogP contribution in [0, 0.1) is 6.92 Å². The number of piperidine rings is 1. The minimum atomic E-state index is -3.58. The Bertz CT molecular complexity index is 786. The number of hydrogen-bond donors (Lipinski definition) is 1. The first-order chi connectivity index (χ1) is 12.3. The summed E-state index contributed by atoms with van der Waals surface area (Å²) in [7, 11) is -3.58. The lowest BCUT2D eigenvalue weighted by atomic mass is 9.87. The molecule has 0 aromatic heterocycles. The van der Waals surface area contributed by atoms with E-state index >= 15 is 0 Å². The number of likely N-dealkylation sites (tertiary alicyclic amines) is 1. The molecule has 3 saturated heterocycles. The second-order valence-corrected chi connectivity index (χ2v) is 10.1.